The van der Waals surface area contributed by atoms with Gasteiger partial charge in [0.05, 0.1) is 0 Å². The van der Waals surface area contributed by atoms with Crippen molar-refractivity contribution in [1.29, 1.82) is 0 Å². The highest BCUT2D eigenvalue weighted by atomic mass is 16.2. The second kappa shape index (κ2) is 6.47. The van der Waals surface area contributed by atoms with Crippen LogP contribution in [0.3, 0.4) is 0 Å². The molecule has 1 N–H and O–H groups in total. The fourth-order valence-electron chi connectivity index (χ4n) is 3.41. The van der Waals surface area contributed by atoms with E-state index in [0.29, 0.717) is 0 Å². The van der Waals surface area contributed by atoms with Crippen LogP contribution < -0.4 is 5.32 Å². The Morgan fingerprint density at radius 3 is 2.20 bits per heavy atom. The van der Waals surface area contributed by atoms with Crippen molar-refractivity contribution < 1.29 is 14.4 Å². The number of hydrogen-bond acceptors (Lipinski definition) is 3. The minimum absolute atomic E-state index is 0.0232. The van der Waals surface area contributed by atoms with Crippen LogP contribution in [0.25, 0.3) is 6.08 Å². The van der Waals surface area contributed by atoms with E-state index in [1.165, 1.54) is 10.5 Å². The predicted molar refractivity (Wildman–Crippen MR) is 95.8 cm³/mol. The van der Waals surface area contributed by atoms with E-state index < -0.39 is 17.8 Å². The molecule has 1 heterocycles. The Hall–Kier alpha value is -2.43. The maximum atomic E-state index is 12.7. The van der Waals surface area contributed by atoms with Crippen molar-refractivity contribution in [3.8, 4) is 0 Å². The number of hydrogen-bond donors (Lipinski definition) is 1. The Bertz CT molecular complexity index is 735. The van der Waals surface area contributed by atoms with Crippen molar-refractivity contribution in [1.82, 2.24) is 10.2 Å². The van der Waals surface area contributed by atoms with Crippen molar-refractivity contribution in [2.75, 3.05) is 0 Å². The van der Waals surface area contributed by atoms with E-state index in [4.69, 9.17) is 0 Å². The Kier molecular flexibility index (Phi) is 4.50. The number of nitrogens with one attached hydrogen (secondary N) is 1. The van der Waals surface area contributed by atoms with Crippen molar-refractivity contribution in [3.05, 3.63) is 41.0 Å². The van der Waals surface area contributed by atoms with E-state index in [2.05, 4.69) is 26.1 Å². The molecule has 1 saturated heterocycles. The predicted octanol–water partition coefficient (Wildman–Crippen LogP) is 3.39. The first-order chi connectivity index (χ1) is 11.8. The van der Waals surface area contributed by atoms with Gasteiger partial charge in [-0.05, 0) is 35.5 Å². The van der Waals surface area contributed by atoms with Crippen LogP contribution in [0.5, 0.6) is 0 Å². The number of carbonyl (C=O) groups is 3. The van der Waals surface area contributed by atoms with Crippen LogP contribution in [-0.2, 0) is 15.0 Å². The molecule has 0 atom stereocenters. The average Bonchev–Trinajstić information content (AvgIpc) is 3.05. The van der Waals surface area contributed by atoms with Gasteiger partial charge < -0.3 is 0 Å². The molecule has 1 aliphatic heterocycles. The van der Waals surface area contributed by atoms with Crippen molar-refractivity contribution in [3.63, 3.8) is 0 Å². The smallest absolute Gasteiger partial charge is 0.273 e. The largest absolute Gasteiger partial charge is 0.331 e. The summed E-state index contributed by atoms with van der Waals surface area (Å²) in [6.45, 7) is 6.39. The van der Waals surface area contributed by atoms with Gasteiger partial charge >= 0.3 is 6.03 Å². The molecule has 5 heteroatoms. The molecule has 5 nitrogen and oxygen atoms in total. The van der Waals surface area contributed by atoms with Gasteiger partial charge in [0.2, 0.25) is 0 Å². The Balaban J connectivity index is 1.89. The third-order valence-corrected chi connectivity index (χ3v) is 4.91. The minimum atomic E-state index is -0.621. The third-order valence-electron chi connectivity index (χ3n) is 4.91. The van der Waals surface area contributed by atoms with Crippen LogP contribution >= 0.6 is 0 Å². The number of urea groups is 1. The number of nitrogens with zero attached hydrogens (tertiary/aromatic N) is 1. The van der Waals surface area contributed by atoms with Crippen molar-refractivity contribution in [2.24, 2.45) is 0 Å². The van der Waals surface area contributed by atoms with Gasteiger partial charge in [-0.2, -0.15) is 0 Å². The van der Waals surface area contributed by atoms with E-state index in [-0.39, 0.29) is 17.0 Å². The van der Waals surface area contributed by atoms with E-state index in [9.17, 15) is 14.4 Å². The maximum absolute atomic E-state index is 12.7. The molecular formula is C20H24N2O3. The summed E-state index contributed by atoms with van der Waals surface area (Å²) in [4.78, 5) is 38.2. The number of rotatable bonds is 2. The summed E-state index contributed by atoms with van der Waals surface area (Å²) in [6, 6.07) is 7.08. The van der Waals surface area contributed by atoms with Crippen LogP contribution in [0, 0.1) is 0 Å². The van der Waals surface area contributed by atoms with Gasteiger partial charge in [0.25, 0.3) is 11.8 Å². The summed E-state index contributed by atoms with van der Waals surface area (Å²) in [7, 11) is 0. The molecule has 0 unspecified atom stereocenters. The highest BCUT2D eigenvalue weighted by molar-refractivity contribution is 6.31. The number of amides is 4. The van der Waals surface area contributed by atoms with Gasteiger partial charge in [-0.1, -0.05) is 57.9 Å². The second-order valence-electron chi connectivity index (χ2n) is 7.80. The third kappa shape index (κ3) is 3.50. The van der Waals surface area contributed by atoms with Crippen LogP contribution in [0.1, 0.15) is 57.6 Å². The average molecular weight is 340 g/mol. The number of imide groups is 2. The Morgan fingerprint density at radius 1 is 1.04 bits per heavy atom. The van der Waals surface area contributed by atoms with E-state index in [0.717, 1.165) is 31.2 Å². The summed E-state index contributed by atoms with van der Waals surface area (Å²) in [6.07, 6.45) is 5.19. The van der Waals surface area contributed by atoms with E-state index >= 15 is 0 Å². The zero-order valence-electron chi connectivity index (χ0n) is 15.0. The van der Waals surface area contributed by atoms with Gasteiger partial charge in [-0.25, -0.2) is 4.79 Å². The molecule has 1 aromatic carbocycles. The SMILES string of the molecule is CC(C)(C)c1ccc(/C=C2\C(=O)NC(=O)N(C3CCCC3)C2=O)cc1. The van der Waals surface area contributed by atoms with Gasteiger partial charge in [0, 0.05) is 6.04 Å². The van der Waals surface area contributed by atoms with Crippen molar-refractivity contribution in [2.45, 2.75) is 57.9 Å². The first-order valence-electron chi connectivity index (χ1n) is 8.78. The van der Waals surface area contributed by atoms with Gasteiger partial charge in [-0.15, -0.1) is 0 Å². The van der Waals surface area contributed by atoms with Crippen LogP contribution in [0.4, 0.5) is 4.79 Å². The summed E-state index contributed by atoms with van der Waals surface area (Å²) in [5.41, 5.74) is 2.01. The number of barbiturate groups is 1. The molecule has 0 radical (unpaired) electrons. The molecule has 132 valence electrons. The van der Waals surface area contributed by atoms with Gasteiger partial charge in [0.1, 0.15) is 5.57 Å². The van der Waals surface area contributed by atoms with Gasteiger partial charge in [-0.3, -0.25) is 19.8 Å². The molecular weight excluding hydrogens is 316 g/mol. The molecule has 3 rings (SSSR count). The summed E-state index contributed by atoms with van der Waals surface area (Å²) >= 11 is 0. The number of carbonyl (C=O) groups excluding carboxylic acids is 3. The molecule has 0 bridgehead atoms. The van der Waals surface area contributed by atoms with Crippen LogP contribution in [0.2, 0.25) is 0 Å². The van der Waals surface area contributed by atoms with Gasteiger partial charge in [0.15, 0.2) is 0 Å². The first kappa shape index (κ1) is 17.4. The minimum Gasteiger partial charge on any atom is -0.273 e. The fourth-order valence-corrected chi connectivity index (χ4v) is 3.41. The van der Waals surface area contributed by atoms with Crippen LogP contribution in [-0.4, -0.2) is 28.8 Å². The second-order valence-corrected chi connectivity index (χ2v) is 7.80. The molecule has 1 saturated carbocycles. The molecule has 2 fully saturated rings. The lowest BCUT2D eigenvalue weighted by molar-refractivity contribution is -0.131. The highest BCUT2D eigenvalue weighted by Gasteiger charge is 2.40. The molecule has 0 aromatic heterocycles. The number of benzene rings is 1. The maximum Gasteiger partial charge on any atom is 0.331 e. The van der Waals surface area contributed by atoms with Crippen LogP contribution in [0.15, 0.2) is 29.8 Å². The molecule has 4 amide bonds. The molecule has 0 spiro atoms. The zero-order chi connectivity index (χ0) is 18.2. The lowest BCUT2D eigenvalue weighted by Crippen LogP contribution is -2.57. The Labute approximate surface area is 148 Å². The summed E-state index contributed by atoms with van der Waals surface area (Å²) in [5.74, 6) is -1.11. The summed E-state index contributed by atoms with van der Waals surface area (Å²) < 4.78 is 0. The summed E-state index contributed by atoms with van der Waals surface area (Å²) in [5, 5.41) is 2.30. The Morgan fingerprint density at radius 2 is 1.64 bits per heavy atom. The van der Waals surface area contributed by atoms with E-state index in [1.807, 2.05) is 24.3 Å². The monoisotopic (exact) mass is 340 g/mol. The molecule has 1 aromatic rings. The fraction of sp³-hybridized carbons (Fsp3) is 0.450. The normalized spacial score (nSPS) is 21.2. The first-order valence-corrected chi connectivity index (χ1v) is 8.78. The quantitative estimate of drug-likeness (QED) is 0.663. The molecule has 2 aliphatic rings. The lowest BCUT2D eigenvalue weighted by Gasteiger charge is -2.31. The highest BCUT2D eigenvalue weighted by Crippen LogP contribution is 2.27. The zero-order valence-corrected chi connectivity index (χ0v) is 15.0. The van der Waals surface area contributed by atoms with E-state index in [1.54, 1.807) is 6.08 Å². The lowest BCUT2D eigenvalue weighted by atomic mass is 9.86. The van der Waals surface area contributed by atoms with Crippen molar-refractivity contribution >= 4 is 23.9 Å². The molecule has 1 aliphatic carbocycles. The topological polar surface area (TPSA) is 66.5 Å². The molecule has 25 heavy (non-hydrogen) atoms. The standard InChI is InChI=1S/C20H24N2O3/c1-20(2,3)14-10-8-13(9-11-14)12-16-17(23)21-19(25)22(18(16)24)15-6-4-5-7-15/h8-12,15H,4-7H2,1-3H3,(H,21,23,25)/b16-12+.